The summed E-state index contributed by atoms with van der Waals surface area (Å²) in [7, 11) is 0. The molecule has 0 aromatic carbocycles. The van der Waals surface area contributed by atoms with Crippen LogP contribution in [-0.4, -0.2) is 18.0 Å². The first-order chi connectivity index (χ1) is 4.88. The van der Waals surface area contributed by atoms with Crippen molar-refractivity contribution in [2.45, 2.75) is 6.04 Å². The van der Waals surface area contributed by atoms with E-state index in [1.54, 1.807) is 6.21 Å². The van der Waals surface area contributed by atoms with Gasteiger partial charge in [0.25, 0.3) is 0 Å². The first-order valence-electron chi connectivity index (χ1n) is 3.13. The minimum Gasteiger partial charge on any atom is -0.319 e. The van der Waals surface area contributed by atoms with Gasteiger partial charge >= 0.3 is 0 Å². The van der Waals surface area contributed by atoms with E-state index >= 15 is 0 Å². The molecule has 50 valence electrons. The van der Waals surface area contributed by atoms with E-state index in [4.69, 9.17) is 5.73 Å². The Labute approximate surface area is 58.6 Å². The van der Waals surface area contributed by atoms with Gasteiger partial charge in [-0.05, 0) is 0 Å². The molecule has 10 heavy (non-hydrogen) atoms. The second-order valence-corrected chi connectivity index (χ2v) is 2.26. The maximum absolute atomic E-state index is 5.68. The van der Waals surface area contributed by atoms with Crippen LogP contribution in [0.3, 0.4) is 0 Å². The second-order valence-electron chi connectivity index (χ2n) is 2.26. The van der Waals surface area contributed by atoms with Crippen LogP contribution in [0, 0.1) is 0 Å². The molecule has 0 unspecified atom stereocenters. The number of fused-ring (bicyclic) bond motifs is 1. The summed E-state index contributed by atoms with van der Waals surface area (Å²) < 4.78 is 0. The van der Waals surface area contributed by atoms with E-state index in [0.29, 0.717) is 0 Å². The van der Waals surface area contributed by atoms with Crippen LogP contribution >= 0.6 is 0 Å². The monoisotopic (exact) mass is 133 g/mol. The van der Waals surface area contributed by atoms with E-state index in [-0.39, 0.29) is 6.04 Å². The van der Waals surface area contributed by atoms with E-state index in [1.165, 1.54) is 0 Å². The Bertz CT molecular complexity index is 271. The van der Waals surface area contributed by atoms with E-state index in [0.717, 1.165) is 11.3 Å². The van der Waals surface area contributed by atoms with Crippen molar-refractivity contribution >= 4 is 11.9 Å². The summed E-state index contributed by atoms with van der Waals surface area (Å²) in [6, 6.07) is -0.0671. The molecule has 0 saturated carbocycles. The van der Waals surface area contributed by atoms with E-state index in [2.05, 4.69) is 10.2 Å². The molecule has 0 aromatic rings. The fraction of sp³-hybridized carbons (Fsp3) is 0.143. The average molecular weight is 133 g/mol. The SMILES string of the molecule is N[C@H]1C=CC=C2C=NN=C21. The molecule has 0 fully saturated rings. The van der Waals surface area contributed by atoms with Crippen LogP contribution in [-0.2, 0) is 0 Å². The largest absolute Gasteiger partial charge is 0.319 e. The van der Waals surface area contributed by atoms with Crippen LogP contribution in [0.25, 0.3) is 0 Å². The van der Waals surface area contributed by atoms with Crippen molar-refractivity contribution in [2.24, 2.45) is 15.9 Å². The molecule has 0 saturated heterocycles. The number of rotatable bonds is 0. The highest BCUT2D eigenvalue weighted by molar-refractivity contribution is 6.22. The third-order valence-electron chi connectivity index (χ3n) is 1.57. The van der Waals surface area contributed by atoms with Crippen molar-refractivity contribution < 1.29 is 0 Å². The number of allylic oxidation sites excluding steroid dienone is 2. The number of hydrogen-bond donors (Lipinski definition) is 1. The van der Waals surface area contributed by atoms with Gasteiger partial charge in [-0.1, -0.05) is 18.2 Å². The van der Waals surface area contributed by atoms with Crippen LogP contribution in [0.1, 0.15) is 0 Å². The molecule has 2 aliphatic rings. The maximum Gasteiger partial charge on any atom is 0.0925 e. The third-order valence-corrected chi connectivity index (χ3v) is 1.57. The minimum atomic E-state index is -0.0671. The lowest BCUT2D eigenvalue weighted by atomic mass is 10.0. The molecule has 1 aliphatic carbocycles. The summed E-state index contributed by atoms with van der Waals surface area (Å²) in [6.45, 7) is 0. The highest BCUT2D eigenvalue weighted by atomic mass is 15.2. The predicted octanol–water partition coefficient (Wildman–Crippen LogP) is 0.250. The van der Waals surface area contributed by atoms with Crippen LogP contribution in [0.4, 0.5) is 0 Å². The highest BCUT2D eigenvalue weighted by Crippen LogP contribution is 2.11. The van der Waals surface area contributed by atoms with Gasteiger partial charge in [0, 0.05) is 5.57 Å². The fourth-order valence-electron chi connectivity index (χ4n) is 1.03. The lowest BCUT2D eigenvalue weighted by Crippen LogP contribution is -2.30. The second kappa shape index (κ2) is 1.88. The van der Waals surface area contributed by atoms with Gasteiger partial charge in [0.15, 0.2) is 0 Å². The number of hydrogen-bond acceptors (Lipinski definition) is 3. The average Bonchev–Trinajstić information content (AvgIpc) is 2.36. The lowest BCUT2D eigenvalue weighted by molar-refractivity contribution is 1.06. The summed E-state index contributed by atoms with van der Waals surface area (Å²) in [4.78, 5) is 0. The van der Waals surface area contributed by atoms with Crippen LogP contribution in [0.15, 0.2) is 34.0 Å². The van der Waals surface area contributed by atoms with Crippen LogP contribution in [0.2, 0.25) is 0 Å². The first-order valence-corrected chi connectivity index (χ1v) is 3.13. The Morgan fingerprint density at radius 3 is 3.20 bits per heavy atom. The van der Waals surface area contributed by atoms with Gasteiger partial charge in [-0.2, -0.15) is 10.2 Å². The predicted molar refractivity (Wildman–Crippen MR) is 41.1 cm³/mol. The van der Waals surface area contributed by atoms with Gasteiger partial charge in [0.05, 0.1) is 18.0 Å². The zero-order valence-electron chi connectivity index (χ0n) is 5.36. The zero-order chi connectivity index (χ0) is 6.97. The Morgan fingerprint density at radius 1 is 1.50 bits per heavy atom. The molecule has 0 aromatic heterocycles. The maximum atomic E-state index is 5.68. The van der Waals surface area contributed by atoms with Gasteiger partial charge in [0.2, 0.25) is 0 Å². The van der Waals surface area contributed by atoms with Crippen molar-refractivity contribution in [3.8, 4) is 0 Å². The molecule has 0 amide bonds. The molecule has 1 atom stereocenters. The van der Waals surface area contributed by atoms with Gasteiger partial charge in [-0.15, -0.1) is 0 Å². The normalized spacial score (nSPS) is 27.9. The van der Waals surface area contributed by atoms with Crippen LogP contribution < -0.4 is 5.73 Å². The van der Waals surface area contributed by atoms with Crippen LogP contribution in [0.5, 0.6) is 0 Å². The van der Waals surface area contributed by atoms with Crippen molar-refractivity contribution in [1.82, 2.24) is 0 Å². The number of nitrogens with zero attached hydrogens (tertiary/aromatic N) is 2. The summed E-state index contributed by atoms with van der Waals surface area (Å²) in [5, 5.41) is 7.63. The Kier molecular flexibility index (Phi) is 1.05. The topological polar surface area (TPSA) is 50.7 Å². The van der Waals surface area contributed by atoms with Gasteiger partial charge in [-0.25, -0.2) is 0 Å². The molecule has 1 aliphatic heterocycles. The van der Waals surface area contributed by atoms with Crippen molar-refractivity contribution in [3.63, 3.8) is 0 Å². The third kappa shape index (κ3) is 0.642. The Morgan fingerprint density at radius 2 is 2.40 bits per heavy atom. The van der Waals surface area contributed by atoms with E-state index in [1.807, 2.05) is 18.2 Å². The minimum absolute atomic E-state index is 0.0671. The van der Waals surface area contributed by atoms with Crippen molar-refractivity contribution in [1.29, 1.82) is 0 Å². The summed E-state index contributed by atoms with van der Waals surface area (Å²) in [6.07, 6.45) is 7.50. The first kappa shape index (κ1) is 5.56. The molecule has 3 heteroatoms. The molecule has 2 N–H and O–H groups in total. The van der Waals surface area contributed by atoms with E-state index < -0.39 is 0 Å². The van der Waals surface area contributed by atoms with Crippen molar-refractivity contribution in [2.75, 3.05) is 0 Å². The lowest BCUT2D eigenvalue weighted by Gasteiger charge is -2.09. The molecule has 2 rings (SSSR count). The Hall–Kier alpha value is -1.22. The standard InChI is InChI=1S/C7H7N3/c8-6-3-1-2-5-4-9-10-7(5)6/h1-4,6H,8H2/t6-/m0/s1. The quantitative estimate of drug-likeness (QED) is 0.506. The van der Waals surface area contributed by atoms with Crippen molar-refractivity contribution in [3.05, 3.63) is 23.8 Å². The Balaban J connectivity index is 2.45. The molecule has 0 radical (unpaired) electrons. The van der Waals surface area contributed by atoms with Gasteiger partial charge < -0.3 is 5.73 Å². The fourth-order valence-corrected chi connectivity index (χ4v) is 1.03. The zero-order valence-corrected chi connectivity index (χ0v) is 5.36. The van der Waals surface area contributed by atoms with Gasteiger partial charge in [0.1, 0.15) is 0 Å². The van der Waals surface area contributed by atoms with Gasteiger partial charge in [-0.3, -0.25) is 0 Å². The molecule has 1 heterocycles. The molecular formula is C7H7N3. The molecule has 0 bridgehead atoms. The van der Waals surface area contributed by atoms with E-state index in [9.17, 15) is 0 Å². The summed E-state index contributed by atoms with van der Waals surface area (Å²) >= 11 is 0. The summed E-state index contributed by atoms with van der Waals surface area (Å²) in [5.74, 6) is 0. The molecule has 3 nitrogen and oxygen atoms in total. The molecular weight excluding hydrogens is 126 g/mol. The highest BCUT2D eigenvalue weighted by Gasteiger charge is 2.17. The summed E-state index contributed by atoms with van der Waals surface area (Å²) in [5.41, 5.74) is 7.60. The smallest absolute Gasteiger partial charge is 0.0925 e. The number of nitrogens with two attached hydrogens (primary N) is 1. The molecule has 0 spiro atoms.